The topological polar surface area (TPSA) is 35.5 Å². The maximum Gasteiger partial charge on any atom is 0.168 e. The molecule has 20 heavy (non-hydrogen) atoms. The molecule has 2 rings (SSSR count). The Morgan fingerprint density at radius 3 is 2.40 bits per heavy atom. The summed E-state index contributed by atoms with van der Waals surface area (Å²) in [6, 6.07) is 6.86. The highest BCUT2D eigenvalue weighted by atomic mass is 35.5. The molecule has 2 aromatic carbocycles. The molecule has 6 heteroatoms. The zero-order valence-corrected chi connectivity index (χ0v) is 11.8. The number of carbonyl (C=O) groups excluding carboxylic acids is 1. The maximum atomic E-state index is 13.6. The summed E-state index contributed by atoms with van der Waals surface area (Å²) in [5.41, 5.74) is 0.218. The molecule has 0 saturated carbocycles. The van der Waals surface area contributed by atoms with Gasteiger partial charge in [0.2, 0.25) is 0 Å². The number of hydrogen-bond donors (Lipinski definition) is 0. The normalized spacial score (nSPS) is 10.2. The van der Waals surface area contributed by atoms with Gasteiger partial charge in [-0.2, -0.15) is 0 Å². The summed E-state index contributed by atoms with van der Waals surface area (Å²) in [4.78, 5) is 11.0. The van der Waals surface area contributed by atoms with E-state index in [-0.39, 0.29) is 32.9 Å². The van der Waals surface area contributed by atoms with Crippen LogP contribution in [0.2, 0.25) is 10.0 Å². The summed E-state index contributed by atoms with van der Waals surface area (Å²) < 4.78 is 23.8. The molecule has 0 atom stereocenters. The predicted molar refractivity (Wildman–Crippen MR) is 74.9 cm³/mol. The van der Waals surface area contributed by atoms with Gasteiger partial charge in [-0.15, -0.1) is 0 Å². The first-order valence-electron chi connectivity index (χ1n) is 5.50. The second-order valence-corrected chi connectivity index (χ2v) is 4.63. The van der Waals surface area contributed by atoms with Gasteiger partial charge in [0.05, 0.1) is 22.7 Å². The molecule has 0 spiro atoms. The third kappa shape index (κ3) is 3.03. The second-order valence-electron chi connectivity index (χ2n) is 3.82. The SMILES string of the molecule is COc1ccc(Oc2cc(Cl)c(Cl)cc2C=O)cc1F. The third-order valence-corrected chi connectivity index (χ3v) is 3.25. The van der Waals surface area contributed by atoms with Gasteiger partial charge in [0.25, 0.3) is 0 Å². The van der Waals surface area contributed by atoms with Gasteiger partial charge in [0.1, 0.15) is 11.5 Å². The van der Waals surface area contributed by atoms with Crippen LogP contribution in [0.15, 0.2) is 30.3 Å². The first kappa shape index (κ1) is 14.6. The Bertz CT molecular complexity index is 659. The van der Waals surface area contributed by atoms with E-state index in [0.29, 0.717) is 6.29 Å². The van der Waals surface area contributed by atoms with Gasteiger partial charge in [-0.3, -0.25) is 4.79 Å². The molecule has 0 bridgehead atoms. The quantitative estimate of drug-likeness (QED) is 0.764. The Morgan fingerprint density at radius 2 is 1.80 bits per heavy atom. The molecular formula is C14H9Cl2FO3. The molecule has 0 radical (unpaired) electrons. The van der Waals surface area contributed by atoms with Gasteiger partial charge in [0, 0.05) is 12.1 Å². The Hall–Kier alpha value is -1.78. The number of carbonyl (C=O) groups is 1. The van der Waals surface area contributed by atoms with Crippen LogP contribution in [0.25, 0.3) is 0 Å². The lowest BCUT2D eigenvalue weighted by atomic mass is 10.2. The lowest BCUT2D eigenvalue weighted by Crippen LogP contribution is -1.93. The number of benzene rings is 2. The number of rotatable bonds is 4. The number of methoxy groups -OCH3 is 1. The fourth-order valence-electron chi connectivity index (χ4n) is 1.56. The van der Waals surface area contributed by atoms with Crippen LogP contribution < -0.4 is 9.47 Å². The minimum Gasteiger partial charge on any atom is -0.494 e. The van der Waals surface area contributed by atoms with Crippen LogP contribution in [0.5, 0.6) is 17.2 Å². The smallest absolute Gasteiger partial charge is 0.168 e. The third-order valence-electron chi connectivity index (χ3n) is 2.53. The van der Waals surface area contributed by atoms with Gasteiger partial charge in [0.15, 0.2) is 17.9 Å². The fraction of sp³-hybridized carbons (Fsp3) is 0.0714. The number of hydrogen-bond acceptors (Lipinski definition) is 3. The van der Waals surface area contributed by atoms with E-state index in [1.165, 1.54) is 31.4 Å². The monoisotopic (exact) mass is 314 g/mol. The Balaban J connectivity index is 2.36. The first-order chi connectivity index (χ1) is 9.55. The van der Waals surface area contributed by atoms with Crippen molar-refractivity contribution in [3.05, 3.63) is 51.8 Å². The zero-order chi connectivity index (χ0) is 14.7. The van der Waals surface area contributed by atoms with Crippen LogP contribution >= 0.6 is 23.2 Å². The Morgan fingerprint density at radius 1 is 1.10 bits per heavy atom. The van der Waals surface area contributed by atoms with E-state index < -0.39 is 5.82 Å². The molecule has 0 aliphatic rings. The van der Waals surface area contributed by atoms with E-state index in [0.717, 1.165) is 6.07 Å². The zero-order valence-electron chi connectivity index (χ0n) is 10.3. The van der Waals surface area contributed by atoms with Crippen LogP contribution in [0, 0.1) is 5.82 Å². The highest BCUT2D eigenvalue weighted by Crippen LogP contribution is 2.33. The molecule has 104 valence electrons. The van der Waals surface area contributed by atoms with E-state index >= 15 is 0 Å². The van der Waals surface area contributed by atoms with E-state index in [9.17, 15) is 9.18 Å². The highest BCUT2D eigenvalue weighted by molar-refractivity contribution is 6.42. The molecule has 0 amide bonds. The summed E-state index contributed by atoms with van der Waals surface area (Å²) in [7, 11) is 1.36. The molecule has 0 heterocycles. The molecule has 0 aliphatic carbocycles. The van der Waals surface area contributed by atoms with Gasteiger partial charge in [-0.05, 0) is 18.2 Å². The summed E-state index contributed by atoms with van der Waals surface area (Å²) in [6.45, 7) is 0. The predicted octanol–water partition coefficient (Wildman–Crippen LogP) is 4.75. The van der Waals surface area contributed by atoms with Crippen molar-refractivity contribution in [2.24, 2.45) is 0 Å². The van der Waals surface area contributed by atoms with Crippen molar-refractivity contribution in [3.8, 4) is 17.2 Å². The summed E-state index contributed by atoms with van der Waals surface area (Å²) in [5, 5.41) is 0.475. The van der Waals surface area contributed by atoms with E-state index in [4.69, 9.17) is 32.7 Å². The lowest BCUT2D eigenvalue weighted by Gasteiger charge is -2.10. The van der Waals surface area contributed by atoms with Crippen molar-refractivity contribution < 1.29 is 18.7 Å². The number of halogens is 3. The van der Waals surface area contributed by atoms with Crippen LogP contribution in [0.1, 0.15) is 10.4 Å². The minimum atomic E-state index is -0.572. The molecule has 2 aromatic rings. The number of aldehydes is 1. The van der Waals surface area contributed by atoms with Crippen molar-refractivity contribution in [2.75, 3.05) is 7.11 Å². The van der Waals surface area contributed by atoms with Crippen LogP contribution in [0.3, 0.4) is 0 Å². The van der Waals surface area contributed by atoms with E-state index in [1.54, 1.807) is 0 Å². The average Bonchev–Trinajstić information content (AvgIpc) is 2.43. The van der Waals surface area contributed by atoms with E-state index in [2.05, 4.69) is 0 Å². The van der Waals surface area contributed by atoms with E-state index in [1.807, 2.05) is 0 Å². The number of ether oxygens (including phenoxy) is 2. The molecule has 0 aliphatic heterocycles. The Kier molecular flexibility index (Phi) is 4.47. The summed E-state index contributed by atoms with van der Waals surface area (Å²) in [5.74, 6) is -0.0661. The van der Waals surface area contributed by atoms with Gasteiger partial charge in [-0.1, -0.05) is 23.2 Å². The van der Waals surface area contributed by atoms with Gasteiger partial charge >= 0.3 is 0 Å². The Labute approximate surface area is 124 Å². The lowest BCUT2D eigenvalue weighted by molar-refractivity contribution is 0.112. The van der Waals surface area contributed by atoms with Crippen LogP contribution in [-0.2, 0) is 0 Å². The molecule has 3 nitrogen and oxygen atoms in total. The molecule has 0 fully saturated rings. The second kappa shape index (κ2) is 6.11. The molecule has 0 N–H and O–H groups in total. The maximum absolute atomic E-state index is 13.6. The highest BCUT2D eigenvalue weighted by Gasteiger charge is 2.11. The molecular weight excluding hydrogens is 306 g/mol. The van der Waals surface area contributed by atoms with Gasteiger partial charge in [-0.25, -0.2) is 4.39 Å². The first-order valence-corrected chi connectivity index (χ1v) is 6.26. The fourth-order valence-corrected chi connectivity index (χ4v) is 1.89. The van der Waals surface area contributed by atoms with Crippen LogP contribution in [-0.4, -0.2) is 13.4 Å². The largest absolute Gasteiger partial charge is 0.494 e. The van der Waals surface area contributed by atoms with Crippen molar-refractivity contribution in [1.82, 2.24) is 0 Å². The molecule has 0 aromatic heterocycles. The van der Waals surface area contributed by atoms with Crippen molar-refractivity contribution in [3.63, 3.8) is 0 Å². The molecule has 0 saturated heterocycles. The summed E-state index contributed by atoms with van der Waals surface area (Å²) >= 11 is 11.7. The van der Waals surface area contributed by atoms with Crippen molar-refractivity contribution >= 4 is 29.5 Å². The van der Waals surface area contributed by atoms with Crippen molar-refractivity contribution in [1.29, 1.82) is 0 Å². The molecule has 0 unspecified atom stereocenters. The minimum absolute atomic E-state index is 0.0992. The van der Waals surface area contributed by atoms with Gasteiger partial charge < -0.3 is 9.47 Å². The van der Waals surface area contributed by atoms with Crippen LogP contribution in [0.4, 0.5) is 4.39 Å². The standard InChI is InChI=1S/C14H9Cl2FO3/c1-19-13-3-2-9(5-12(13)17)20-14-6-11(16)10(15)4-8(14)7-18/h2-7H,1H3. The summed E-state index contributed by atoms with van der Waals surface area (Å²) in [6.07, 6.45) is 0.581. The van der Waals surface area contributed by atoms with Crippen molar-refractivity contribution in [2.45, 2.75) is 0 Å². The average molecular weight is 315 g/mol.